The summed E-state index contributed by atoms with van der Waals surface area (Å²) in [5.41, 5.74) is 2.32. The predicted molar refractivity (Wildman–Crippen MR) is 123 cm³/mol. The zero-order chi connectivity index (χ0) is 24.9. The van der Waals surface area contributed by atoms with E-state index in [1.807, 2.05) is 0 Å². The zero-order valence-electron chi connectivity index (χ0n) is 19.1. The fourth-order valence-corrected chi connectivity index (χ4v) is 5.46. The molecular weight excluding hydrogens is 459 g/mol. The molecule has 5 rings (SSSR count). The Morgan fingerprint density at radius 2 is 1.54 bits per heavy atom. The van der Waals surface area contributed by atoms with Crippen LogP contribution >= 0.6 is 0 Å². The van der Waals surface area contributed by atoms with Gasteiger partial charge in [-0.15, -0.1) is 0 Å². The number of anilines is 1. The first kappa shape index (κ1) is 23.2. The van der Waals surface area contributed by atoms with Gasteiger partial charge in [0.05, 0.1) is 12.7 Å². The van der Waals surface area contributed by atoms with Crippen molar-refractivity contribution in [2.24, 2.45) is 0 Å². The highest BCUT2D eigenvalue weighted by Crippen LogP contribution is 2.51. The minimum Gasteiger partial charge on any atom is -0.504 e. The van der Waals surface area contributed by atoms with Crippen molar-refractivity contribution >= 4 is 17.3 Å². The first-order valence-electron chi connectivity index (χ1n) is 11.6. The van der Waals surface area contributed by atoms with Gasteiger partial charge in [0.25, 0.3) is 0 Å². The number of phenolic OH excluding ortho intramolecular Hbond substituents is 1. The predicted octanol–water partition coefficient (Wildman–Crippen LogP) is 6.04. The Balaban J connectivity index is 1.77. The number of hydrogen-bond acceptors (Lipinski definition) is 5. The number of ketones is 2. The van der Waals surface area contributed by atoms with E-state index in [-0.39, 0.29) is 23.1 Å². The van der Waals surface area contributed by atoms with E-state index in [4.69, 9.17) is 4.74 Å². The molecule has 2 aromatic carbocycles. The Kier molecular flexibility index (Phi) is 5.69. The molecule has 0 amide bonds. The molecule has 1 heterocycles. The number of carbonyl (C=O) groups excluding carboxylic acids is 2. The van der Waals surface area contributed by atoms with E-state index in [0.29, 0.717) is 72.3 Å². The van der Waals surface area contributed by atoms with Crippen LogP contribution in [0.3, 0.4) is 0 Å². The summed E-state index contributed by atoms with van der Waals surface area (Å²) in [7, 11) is 1.42. The van der Waals surface area contributed by atoms with Gasteiger partial charge < -0.3 is 14.7 Å². The van der Waals surface area contributed by atoms with Gasteiger partial charge in [0.15, 0.2) is 23.1 Å². The monoisotopic (exact) mass is 483 g/mol. The number of allylic oxidation sites excluding steroid dienone is 4. The van der Waals surface area contributed by atoms with Crippen LogP contribution in [0.1, 0.15) is 55.6 Å². The second-order valence-corrected chi connectivity index (χ2v) is 9.02. The smallest absolute Gasteiger partial charge is 0.416 e. The molecule has 0 atom stereocenters. The highest BCUT2D eigenvalue weighted by molar-refractivity contribution is 6.07. The number of hydrogen-bond donors (Lipinski definition) is 1. The summed E-state index contributed by atoms with van der Waals surface area (Å²) in [6, 6.07) is 9.80. The second kappa shape index (κ2) is 8.59. The highest BCUT2D eigenvalue weighted by atomic mass is 19.4. The van der Waals surface area contributed by atoms with Crippen LogP contribution in [0, 0.1) is 0 Å². The molecule has 1 aliphatic heterocycles. The van der Waals surface area contributed by atoms with Crippen LogP contribution in [0.2, 0.25) is 0 Å². The van der Waals surface area contributed by atoms with E-state index in [0.717, 1.165) is 12.1 Å². The molecule has 0 saturated heterocycles. The molecule has 2 aliphatic carbocycles. The molecule has 0 aromatic heterocycles. The lowest BCUT2D eigenvalue weighted by molar-refractivity contribution is -0.137. The van der Waals surface area contributed by atoms with Crippen molar-refractivity contribution in [1.29, 1.82) is 0 Å². The molecule has 0 fully saturated rings. The quantitative estimate of drug-likeness (QED) is 0.577. The lowest BCUT2D eigenvalue weighted by Gasteiger charge is -2.44. The SMILES string of the molecule is COc1cc(C2C3=C(CCCC3=O)N(c3cccc(C(F)(F)F)c3)C3=C2C(=O)CCC3)ccc1O. The molecule has 0 saturated carbocycles. The number of Topliss-reactive ketones (excluding diaryl/α,β-unsaturated/α-hetero) is 2. The fourth-order valence-electron chi connectivity index (χ4n) is 5.46. The van der Waals surface area contributed by atoms with E-state index < -0.39 is 17.7 Å². The molecule has 8 heteroatoms. The maximum absolute atomic E-state index is 13.5. The van der Waals surface area contributed by atoms with E-state index in [9.17, 15) is 27.9 Å². The van der Waals surface area contributed by atoms with Crippen LogP contribution in [-0.4, -0.2) is 23.8 Å². The standard InChI is InChI=1S/C27H24F3NO4/c1-35-23-13-15(11-12-20(23)32)24-25-18(7-3-9-21(25)33)31(19-8-4-10-22(34)26(19)24)17-6-2-5-16(14-17)27(28,29)30/h2,5-6,11-14,24,32H,3-4,7-10H2,1H3. The summed E-state index contributed by atoms with van der Waals surface area (Å²) in [6.07, 6.45) is -1.74. The number of nitrogens with zero attached hydrogens (tertiary/aromatic N) is 1. The second-order valence-electron chi connectivity index (χ2n) is 9.02. The number of ether oxygens (including phenoxy) is 1. The number of alkyl halides is 3. The van der Waals surface area contributed by atoms with Crippen LogP contribution in [0.4, 0.5) is 18.9 Å². The van der Waals surface area contributed by atoms with E-state index in [1.165, 1.54) is 19.2 Å². The van der Waals surface area contributed by atoms with E-state index in [2.05, 4.69) is 0 Å². The Morgan fingerprint density at radius 3 is 2.11 bits per heavy atom. The summed E-state index contributed by atoms with van der Waals surface area (Å²) in [4.78, 5) is 28.4. The maximum atomic E-state index is 13.5. The number of aromatic hydroxyl groups is 1. The number of rotatable bonds is 3. The van der Waals surface area contributed by atoms with Crippen molar-refractivity contribution in [1.82, 2.24) is 0 Å². The van der Waals surface area contributed by atoms with E-state index >= 15 is 0 Å². The number of phenols is 1. The average Bonchev–Trinajstić information content (AvgIpc) is 2.83. The molecule has 5 nitrogen and oxygen atoms in total. The molecule has 182 valence electrons. The first-order chi connectivity index (χ1) is 16.7. The Bertz CT molecular complexity index is 1250. The lowest BCUT2D eigenvalue weighted by atomic mass is 9.70. The summed E-state index contributed by atoms with van der Waals surface area (Å²) in [5.74, 6) is -0.739. The van der Waals surface area contributed by atoms with Crippen molar-refractivity contribution < 1.29 is 32.6 Å². The third-order valence-electron chi connectivity index (χ3n) is 6.94. The van der Waals surface area contributed by atoms with Gasteiger partial charge in [0, 0.05) is 47.0 Å². The highest BCUT2D eigenvalue weighted by Gasteiger charge is 2.44. The van der Waals surface area contributed by atoms with Gasteiger partial charge in [-0.05, 0) is 61.6 Å². The van der Waals surface area contributed by atoms with Crippen LogP contribution in [0.25, 0.3) is 0 Å². The Hall–Kier alpha value is -3.55. The molecule has 0 bridgehead atoms. The minimum atomic E-state index is -4.52. The zero-order valence-corrected chi connectivity index (χ0v) is 19.1. The molecule has 1 N–H and O–H groups in total. The third-order valence-corrected chi connectivity index (χ3v) is 6.94. The fraction of sp³-hybridized carbons (Fsp3) is 0.333. The van der Waals surface area contributed by atoms with E-state index in [1.54, 1.807) is 23.1 Å². The van der Waals surface area contributed by atoms with Crippen LogP contribution in [0.15, 0.2) is 65.0 Å². The van der Waals surface area contributed by atoms with Gasteiger partial charge in [-0.1, -0.05) is 12.1 Å². The summed E-state index contributed by atoms with van der Waals surface area (Å²) >= 11 is 0. The summed E-state index contributed by atoms with van der Waals surface area (Å²) in [5, 5.41) is 10.1. The Morgan fingerprint density at radius 1 is 0.914 bits per heavy atom. The van der Waals surface area contributed by atoms with Gasteiger partial charge in [-0.25, -0.2) is 0 Å². The van der Waals surface area contributed by atoms with Gasteiger partial charge >= 0.3 is 6.18 Å². The maximum Gasteiger partial charge on any atom is 0.416 e. The summed E-state index contributed by atoms with van der Waals surface area (Å²) in [6.45, 7) is 0. The van der Waals surface area contributed by atoms with Crippen molar-refractivity contribution in [2.75, 3.05) is 12.0 Å². The van der Waals surface area contributed by atoms with Crippen LogP contribution in [-0.2, 0) is 15.8 Å². The molecule has 35 heavy (non-hydrogen) atoms. The van der Waals surface area contributed by atoms with Gasteiger partial charge in [0.2, 0.25) is 0 Å². The number of carbonyl (C=O) groups is 2. The van der Waals surface area contributed by atoms with Crippen LogP contribution < -0.4 is 9.64 Å². The molecule has 0 spiro atoms. The van der Waals surface area contributed by atoms with Gasteiger partial charge in [-0.3, -0.25) is 9.59 Å². The van der Waals surface area contributed by atoms with Gasteiger partial charge in [0.1, 0.15) is 0 Å². The first-order valence-corrected chi connectivity index (χ1v) is 11.6. The number of halogens is 3. The molecule has 0 unspecified atom stereocenters. The number of benzene rings is 2. The molecule has 2 aromatic rings. The number of methoxy groups -OCH3 is 1. The molecular formula is C27H24F3NO4. The minimum absolute atomic E-state index is 0.0639. The average molecular weight is 483 g/mol. The largest absolute Gasteiger partial charge is 0.504 e. The third kappa shape index (κ3) is 3.90. The van der Waals surface area contributed by atoms with Crippen molar-refractivity contribution in [2.45, 2.75) is 50.6 Å². The van der Waals surface area contributed by atoms with Gasteiger partial charge in [-0.2, -0.15) is 13.2 Å². The molecule has 0 radical (unpaired) electrons. The molecule has 3 aliphatic rings. The lowest BCUT2D eigenvalue weighted by Crippen LogP contribution is -2.39. The Labute approximate surface area is 200 Å². The topological polar surface area (TPSA) is 66.8 Å². The normalized spacial score (nSPS) is 19.1. The van der Waals surface area contributed by atoms with Crippen molar-refractivity contribution in [3.8, 4) is 11.5 Å². The van der Waals surface area contributed by atoms with Crippen molar-refractivity contribution in [3.05, 3.63) is 76.1 Å². The van der Waals surface area contributed by atoms with Crippen LogP contribution in [0.5, 0.6) is 11.5 Å². The summed E-state index contributed by atoms with van der Waals surface area (Å²) < 4.78 is 45.9. The van der Waals surface area contributed by atoms with Crippen molar-refractivity contribution in [3.63, 3.8) is 0 Å².